The maximum Gasteiger partial charge on any atom is 0.140 e. The molecule has 0 aliphatic carbocycles. The molecule has 0 atom stereocenters. The number of terminal acetylenes is 1. The van der Waals surface area contributed by atoms with Gasteiger partial charge in [-0.25, -0.2) is 0 Å². The zero-order valence-electron chi connectivity index (χ0n) is 7.72. The third-order valence-electron chi connectivity index (χ3n) is 1.33. The number of allylic oxidation sites excluding steroid dienone is 1. The van der Waals surface area contributed by atoms with Crippen LogP contribution < -0.4 is 0 Å². The SMILES string of the molecule is C#C/C=C/SC(=S)N(CCO)CCO. The number of thioether (sulfide) groups is 1. The summed E-state index contributed by atoms with van der Waals surface area (Å²) >= 11 is 6.37. The topological polar surface area (TPSA) is 43.7 Å². The molecule has 0 rings (SSSR count). The highest BCUT2D eigenvalue weighted by Gasteiger charge is 2.06. The Bertz CT molecular complexity index is 229. The Morgan fingerprint density at radius 1 is 1.43 bits per heavy atom. The van der Waals surface area contributed by atoms with Crippen molar-refractivity contribution in [2.45, 2.75) is 0 Å². The zero-order chi connectivity index (χ0) is 10.8. The van der Waals surface area contributed by atoms with Gasteiger partial charge in [0.05, 0.1) is 13.2 Å². The van der Waals surface area contributed by atoms with E-state index in [0.717, 1.165) is 0 Å². The third-order valence-corrected chi connectivity index (χ3v) is 2.61. The molecule has 0 unspecified atom stereocenters. The van der Waals surface area contributed by atoms with Gasteiger partial charge >= 0.3 is 0 Å². The molecule has 0 amide bonds. The molecule has 0 bridgehead atoms. The Morgan fingerprint density at radius 3 is 2.43 bits per heavy atom. The van der Waals surface area contributed by atoms with Crippen molar-refractivity contribution in [3.05, 3.63) is 11.5 Å². The van der Waals surface area contributed by atoms with Crippen molar-refractivity contribution >= 4 is 28.3 Å². The van der Waals surface area contributed by atoms with Crippen LogP contribution in [0.15, 0.2) is 11.5 Å². The first-order chi connectivity index (χ1) is 6.76. The van der Waals surface area contributed by atoms with Gasteiger partial charge in [0.1, 0.15) is 4.32 Å². The standard InChI is InChI=1S/C9H13NO2S2/c1-2-3-8-14-9(13)10(4-6-11)5-7-12/h1,3,8,11-12H,4-7H2/b8-3+. The molecule has 5 heteroatoms. The average Bonchev–Trinajstić information content (AvgIpc) is 2.18. The molecule has 0 saturated heterocycles. The molecule has 78 valence electrons. The number of nitrogens with zero attached hydrogens (tertiary/aromatic N) is 1. The maximum atomic E-state index is 8.74. The summed E-state index contributed by atoms with van der Waals surface area (Å²) in [7, 11) is 0. The van der Waals surface area contributed by atoms with Crippen molar-refractivity contribution in [2.24, 2.45) is 0 Å². The Balaban J connectivity index is 4.01. The number of hydrogen-bond acceptors (Lipinski definition) is 4. The Labute approximate surface area is 93.8 Å². The van der Waals surface area contributed by atoms with E-state index >= 15 is 0 Å². The number of thiocarbonyl (C=S) groups is 1. The van der Waals surface area contributed by atoms with Gasteiger partial charge in [0.2, 0.25) is 0 Å². The van der Waals surface area contributed by atoms with Crippen molar-refractivity contribution in [3.63, 3.8) is 0 Å². The summed E-state index contributed by atoms with van der Waals surface area (Å²) in [5, 5.41) is 19.2. The predicted molar refractivity (Wildman–Crippen MR) is 63.9 cm³/mol. The van der Waals surface area contributed by atoms with E-state index in [1.54, 1.807) is 16.4 Å². The smallest absolute Gasteiger partial charge is 0.140 e. The van der Waals surface area contributed by atoms with Crippen LogP contribution in [0.2, 0.25) is 0 Å². The van der Waals surface area contributed by atoms with Crippen LogP contribution in [0.25, 0.3) is 0 Å². The molecule has 0 aliphatic heterocycles. The summed E-state index contributed by atoms with van der Waals surface area (Å²) in [5.41, 5.74) is 0. The maximum absolute atomic E-state index is 8.74. The fourth-order valence-corrected chi connectivity index (χ4v) is 1.69. The summed E-state index contributed by atoms with van der Waals surface area (Å²) in [6, 6.07) is 0. The molecule has 0 fully saturated rings. The quantitative estimate of drug-likeness (QED) is 0.531. The molecule has 0 saturated carbocycles. The Hall–Kier alpha value is -0.540. The van der Waals surface area contributed by atoms with Crippen molar-refractivity contribution in [1.82, 2.24) is 4.90 Å². The average molecular weight is 231 g/mol. The van der Waals surface area contributed by atoms with Gasteiger partial charge in [-0.2, -0.15) is 0 Å². The van der Waals surface area contributed by atoms with E-state index in [0.29, 0.717) is 17.4 Å². The number of rotatable bonds is 5. The van der Waals surface area contributed by atoms with Gasteiger partial charge in [0.15, 0.2) is 0 Å². The Morgan fingerprint density at radius 2 is 2.00 bits per heavy atom. The lowest BCUT2D eigenvalue weighted by molar-refractivity contribution is 0.216. The minimum Gasteiger partial charge on any atom is -0.395 e. The van der Waals surface area contributed by atoms with Crippen LogP contribution in [-0.4, -0.2) is 45.7 Å². The molecule has 2 N–H and O–H groups in total. The highest BCUT2D eigenvalue weighted by molar-refractivity contribution is 8.24. The van der Waals surface area contributed by atoms with E-state index in [9.17, 15) is 0 Å². The second-order valence-corrected chi connectivity index (χ2v) is 3.83. The molecular formula is C9H13NO2S2. The lowest BCUT2D eigenvalue weighted by atomic mass is 10.5. The number of aliphatic hydroxyl groups is 2. The minimum atomic E-state index is 0.0134. The fourth-order valence-electron chi connectivity index (χ4n) is 0.742. The molecule has 3 nitrogen and oxygen atoms in total. The molecule has 0 aromatic rings. The lowest BCUT2D eigenvalue weighted by Gasteiger charge is -2.21. The monoisotopic (exact) mass is 231 g/mol. The first-order valence-corrected chi connectivity index (χ1v) is 5.33. The van der Waals surface area contributed by atoms with Crippen molar-refractivity contribution in [1.29, 1.82) is 0 Å². The van der Waals surface area contributed by atoms with Crippen LogP contribution in [0.4, 0.5) is 0 Å². The van der Waals surface area contributed by atoms with E-state index in [-0.39, 0.29) is 13.2 Å². The Kier molecular flexibility index (Phi) is 8.68. The van der Waals surface area contributed by atoms with Crippen molar-refractivity contribution < 1.29 is 10.2 Å². The fraction of sp³-hybridized carbons (Fsp3) is 0.444. The van der Waals surface area contributed by atoms with Crippen LogP contribution in [0.5, 0.6) is 0 Å². The number of hydrogen-bond donors (Lipinski definition) is 2. The molecule has 0 aromatic heterocycles. The second kappa shape index (κ2) is 9.03. The summed E-state index contributed by atoms with van der Waals surface area (Å²) < 4.78 is 0.597. The van der Waals surface area contributed by atoms with Crippen molar-refractivity contribution in [3.8, 4) is 12.3 Å². The molecular weight excluding hydrogens is 218 g/mol. The van der Waals surface area contributed by atoms with Crippen LogP contribution >= 0.6 is 24.0 Å². The predicted octanol–water partition coefficient (Wildman–Crippen LogP) is 0.438. The molecule has 14 heavy (non-hydrogen) atoms. The van der Waals surface area contributed by atoms with Crippen LogP contribution in [0.3, 0.4) is 0 Å². The van der Waals surface area contributed by atoms with Gasteiger partial charge in [-0.3, -0.25) is 0 Å². The van der Waals surface area contributed by atoms with Crippen molar-refractivity contribution in [2.75, 3.05) is 26.3 Å². The molecule has 0 spiro atoms. The van der Waals surface area contributed by atoms with Gasteiger partial charge < -0.3 is 15.1 Å². The summed E-state index contributed by atoms with van der Waals surface area (Å²) in [5.74, 6) is 2.35. The van der Waals surface area contributed by atoms with Crippen LogP contribution in [0, 0.1) is 12.3 Å². The molecule has 0 heterocycles. The number of aliphatic hydroxyl groups excluding tert-OH is 2. The largest absolute Gasteiger partial charge is 0.395 e. The van der Waals surface area contributed by atoms with E-state index < -0.39 is 0 Å². The van der Waals surface area contributed by atoms with E-state index in [1.165, 1.54) is 11.8 Å². The van der Waals surface area contributed by atoms with E-state index in [4.69, 9.17) is 28.9 Å². The van der Waals surface area contributed by atoms with Gasteiger partial charge in [-0.05, 0) is 11.5 Å². The van der Waals surface area contributed by atoms with Crippen LogP contribution in [-0.2, 0) is 0 Å². The first-order valence-electron chi connectivity index (χ1n) is 4.04. The van der Waals surface area contributed by atoms with E-state index in [2.05, 4.69) is 5.92 Å². The van der Waals surface area contributed by atoms with E-state index in [1.807, 2.05) is 0 Å². The molecule has 0 radical (unpaired) electrons. The zero-order valence-corrected chi connectivity index (χ0v) is 9.35. The highest BCUT2D eigenvalue weighted by Crippen LogP contribution is 2.10. The third kappa shape index (κ3) is 6.00. The van der Waals surface area contributed by atoms with Crippen LogP contribution in [0.1, 0.15) is 0 Å². The lowest BCUT2D eigenvalue weighted by Crippen LogP contribution is -2.32. The highest BCUT2D eigenvalue weighted by atomic mass is 32.2. The van der Waals surface area contributed by atoms with Gasteiger partial charge in [-0.15, -0.1) is 6.42 Å². The first kappa shape index (κ1) is 13.5. The van der Waals surface area contributed by atoms with Gasteiger partial charge in [0.25, 0.3) is 0 Å². The molecule has 0 aliphatic rings. The summed E-state index contributed by atoms with van der Waals surface area (Å²) in [6.07, 6.45) is 6.57. The summed E-state index contributed by atoms with van der Waals surface area (Å²) in [4.78, 5) is 1.72. The second-order valence-electron chi connectivity index (χ2n) is 2.29. The normalized spacial score (nSPS) is 10.1. The molecule has 0 aromatic carbocycles. The van der Waals surface area contributed by atoms with Gasteiger partial charge in [-0.1, -0.05) is 29.9 Å². The van der Waals surface area contributed by atoms with Gasteiger partial charge in [0, 0.05) is 13.1 Å². The minimum absolute atomic E-state index is 0.0134. The summed E-state index contributed by atoms with van der Waals surface area (Å²) in [6.45, 7) is 0.881.